The maximum atomic E-state index is 12.4. The zero-order chi connectivity index (χ0) is 13.7. The summed E-state index contributed by atoms with van der Waals surface area (Å²) in [7, 11) is 0. The lowest BCUT2D eigenvalue weighted by Crippen LogP contribution is -2.32. The summed E-state index contributed by atoms with van der Waals surface area (Å²) in [5.41, 5.74) is 0.218. The predicted molar refractivity (Wildman–Crippen MR) is 60.9 cm³/mol. The van der Waals surface area contributed by atoms with Crippen molar-refractivity contribution in [3.63, 3.8) is 0 Å². The van der Waals surface area contributed by atoms with Gasteiger partial charge >= 0.3 is 5.69 Å². The topological polar surface area (TPSA) is 79.5 Å². The maximum absolute atomic E-state index is 12.4. The molecule has 0 aliphatic rings. The number of aromatic nitrogens is 1. The Morgan fingerprint density at radius 3 is 2.78 bits per heavy atom. The SMILES string of the molecule is Cc1cnc(N(CCO)CC(F)F)c([N+](=O)[O-])c1. The van der Waals surface area contributed by atoms with Crippen LogP contribution in [0.3, 0.4) is 0 Å². The largest absolute Gasteiger partial charge is 0.395 e. The summed E-state index contributed by atoms with van der Waals surface area (Å²) < 4.78 is 24.8. The number of pyridine rings is 1. The van der Waals surface area contributed by atoms with Crippen LogP contribution in [0.15, 0.2) is 12.3 Å². The summed E-state index contributed by atoms with van der Waals surface area (Å²) in [5, 5.41) is 19.7. The standard InChI is InChI=1S/C10H13F2N3O3/c1-7-4-8(15(17)18)10(13-5-7)14(2-3-16)6-9(11)12/h4-5,9,16H,2-3,6H2,1H3. The second-order valence-corrected chi connectivity index (χ2v) is 3.67. The Balaban J connectivity index is 3.13. The third-order valence-electron chi connectivity index (χ3n) is 2.21. The van der Waals surface area contributed by atoms with E-state index in [1.54, 1.807) is 6.92 Å². The first-order valence-electron chi connectivity index (χ1n) is 5.20. The van der Waals surface area contributed by atoms with Gasteiger partial charge in [-0.1, -0.05) is 0 Å². The highest BCUT2D eigenvalue weighted by Crippen LogP contribution is 2.26. The van der Waals surface area contributed by atoms with Gasteiger partial charge in [0.1, 0.15) is 0 Å². The van der Waals surface area contributed by atoms with Crippen LogP contribution in [0.25, 0.3) is 0 Å². The molecule has 0 saturated heterocycles. The molecule has 0 aromatic carbocycles. The Morgan fingerprint density at radius 2 is 2.28 bits per heavy atom. The van der Waals surface area contributed by atoms with Crippen molar-refractivity contribution < 1.29 is 18.8 Å². The molecule has 18 heavy (non-hydrogen) atoms. The van der Waals surface area contributed by atoms with E-state index >= 15 is 0 Å². The van der Waals surface area contributed by atoms with Gasteiger partial charge in [-0.05, 0) is 12.5 Å². The number of rotatable bonds is 6. The summed E-state index contributed by atoms with van der Waals surface area (Å²) in [6.07, 6.45) is -1.31. The minimum Gasteiger partial charge on any atom is -0.395 e. The third kappa shape index (κ3) is 3.59. The average molecular weight is 261 g/mol. The van der Waals surface area contributed by atoms with E-state index in [1.165, 1.54) is 12.3 Å². The van der Waals surface area contributed by atoms with E-state index in [0.717, 1.165) is 4.90 Å². The van der Waals surface area contributed by atoms with Gasteiger partial charge < -0.3 is 10.0 Å². The lowest BCUT2D eigenvalue weighted by molar-refractivity contribution is -0.384. The maximum Gasteiger partial charge on any atom is 0.311 e. The van der Waals surface area contributed by atoms with Crippen LogP contribution in [0.1, 0.15) is 5.56 Å². The Bertz CT molecular complexity index is 429. The van der Waals surface area contributed by atoms with E-state index in [4.69, 9.17) is 5.11 Å². The van der Waals surface area contributed by atoms with Gasteiger partial charge in [0, 0.05) is 18.8 Å². The number of nitrogens with zero attached hydrogens (tertiary/aromatic N) is 3. The van der Waals surface area contributed by atoms with Crippen LogP contribution in [-0.2, 0) is 0 Å². The van der Waals surface area contributed by atoms with Gasteiger partial charge in [0.05, 0.1) is 18.1 Å². The summed E-state index contributed by atoms with van der Waals surface area (Å²) >= 11 is 0. The van der Waals surface area contributed by atoms with Gasteiger partial charge in [0.2, 0.25) is 5.82 Å². The van der Waals surface area contributed by atoms with Crippen molar-refractivity contribution in [2.75, 3.05) is 24.6 Å². The summed E-state index contributed by atoms with van der Waals surface area (Å²) in [4.78, 5) is 15.0. The molecule has 0 aliphatic carbocycles. The third-order valence-corrected chi connectivity index (χ3v) is 2.21. The number of aliphatic hydroxyl groups excluding tert-OH is 1. The lowest BCUT2D eigenvalue weighted by Gasteiger charge is -2.21. The predicted octanol–water partition coefficient (Wildman–Crippen LogP) is 1.36. The number of alkyl halides is 2. The molecule has 0 saturated carbocycles. The molecule has 0 atom stereocenters. The zero-order valence-corrected chi connectivity index (χ0v) is 9.71. The highest BCUT2D eigenvalue weighted by atomic mass is 19.3. The molecular formula is C10H13F2N3O3. The first-order chi connectivity index (χ1) is 8.45. The van der Waals surface area contributed by atoms with Crippen molar-refractivity contribution in [1.29, 1.82) is 0 Å². The molecule has 0 aliphatic heterocycles. The fourth-order valence-electron chi connectivity index (χ4n) is 1.50. The molecule has 0 unspecified atom stereocenters. The van der Waals surface area contributed by atoms with E-state index in [-0.39, 0.29) is 24.7 Å². The van der Waals surface area contributed by atoms with Crippen molar-refractivity contribution in [2.45, 2.75) is 13.3 Å². The minimum atomic E-state index is -2.67. The van der Waals surface area contributed by atoms with Crippen molar-refractivity contribution in [3.8, 4) is 0 Å². The van der Waals surface area contributed by atoms with Crippen LogP contribution in [0.2, 0.25) is 0 Å². The molecule has 6 nitrogen and oxygen atoms in total. The van der Waals surface area contributed by atoms with E-state index in [9.17, 15) is 18.9 Å². The van der Waals surface area contributed by atoms with E-state index in [0.29, 0.717) is 5.56 Å². The van der Waals surface area contributed by atoms with Crippen LogP contribution >= 0.6 is 0 Å². The highest BCUT2D eigenvalue weighted by molar-refractivity contribution is 5.58. The molecule has 0 radical (unpaired) electrons. The van der Waals surface area contributed by atoms with E-state index in [1.807, 2.05) is 0 Å². The second-order valence-electron chi connectivity index (χ2n) is 3.67. The van der Waals surface area contributed by atoms with Gasteiger partial charge in [-0.15, -0.1) is 0 Å². The monoisotopic (exact) mass is 261 g/mol. The van der Waals surface area contributed by atoms with Crippen molar-refractivity contribution >= 4 is 11.5 Å². The van der Waals surface area contributed by atoms with Gasteiger partial charge in [-0.25, -0.2) is 13.8 Å². The summed E-state index contributed by atoms with van der Waals surface area (Å²) in [6.45, 7) is 0.380. The van der Waals surface area contributed by atoms with E-state index in [2.05, 4.69) is 4.98 Å². The van der Waals surface area contributed by atoms with Crippen molar-refractivity contribution in [3.05, 3.63) is 27.9 Å². The molecule has 0 spiro atoms. The molecule has 8 heteroatoms. The zero-order valence-electron chi connectivity index (χ0n) is 9.71. The van der Waals surface area contributed by atoms with Gasteiger partial charge in [0.25, 0.3) is 6.43 Å². The molecule has 1 aromatic rings. The van der Waals surface area contributed by atoms with Gasteiger partial charge in [0.15, 0.2) is 0 Å². The molecule has 1 aromatic heterocycles. The molecule has 0 amide bonds. The highest BCUT2D eigenvalue weighted by Gasteiger charge is 2.23. The number of aliphatic hydroxyl groups is 1. The number of anilines is 1. The molecular weight excluding hydrogens is 248 g/mol. The van der Waals surface area contributed by atoms with Crippen LogP contribution < -0.4 is 4.90 Å². The fourth-order valence-corrected chi connectivity index (χ4v) is 1.50. The lowest BCUT2D eigenvalue weighted by atomic mass is 10.2. The Kier molecular flexibility index (Phi) is 4.90. The number of hydrogen-bond acceptors (Lipinski definition) is 5. The van der Waals surface area contributed by atoms with Crippen LogP contribution in [-0.4, -0.2) is 41.1 Å². The summed E-state index contributed by atoms with van der Waals surface area (Å²) in [5.74, 6) is -0.153. The second kappa shape index (κ2) is 6.20. The van der Waals surface area contributed by atoms with Crippen LogP contribution in [0.4, 0.5) is 20.3 Å². The van der Waals surface area contributed by atoms with Gasteiger partial charge in [-0.2, -0.15) is 0 Å². The molecule has 100 valence electrons. The van der Waals surface area contributed by atoms with Crippen LogP contribution in [0, 0.1) is 17.0 Å². The molecule has 0 bridgehead atoms. The van der Waals surface area contributed by atoms with Crippen LogP contribution in [0.5, 0.6) is 0 Å². The Hall–Kier alpha value is -1.83. The quantitative estimate of drug-likeness (QED) is 0.617. The van der Waals surface area contributed by atoms with E-state index < -0.39 is 17.9 Å². The fraction of sp³-hybridized carbons (Fsp3) is 0.500. The Labute approximate surface area is 102 Å². The smallest absolute Gasteiger partial charge is 0.311 e. The van der Waals surface area contributed by atoms with Crippen molar-refractivity contribution in [2.24, 2.45) is 0 Å². The normalized spacial score (nSPS) is 10.7. The Morgan fingerprint density at radius 1 is 1.61 bits per heavy atom. The number of halogens is 2. The first-order valence-corrected chi connectivity index (χ1v) is 5.20. The van der Waals surface area contributed by atoms with Gasteiger partial charge in [-0.3, -0.25) is 10.1 Å². The minimum absolute atomic E-state index is 0.138. The number of hydrogen-bond donors (Lipinski definition) is 1. The average Bonchev–Trinajstić information content (AvgIpc) is 2.27. The molecule has 1 heterocycles. The number of aryl methyl sites for hydroxylation is 1. The summed E-state index contributed by atoms with van der Waals surface area (Å²) in [6, 6.07) is 1.26. The van der Waals surface area contributed by atoms with Crippen molar-refractivity contribution in [1.82, 2.24) is 4.98 Å². The molecule has 1 N–H and O–H groups in total. The number of nitro groups is 1. The molecule has 1 rings (SSSR count). The first kappa shape index (κ1) is 14.2. The molecule has 0 fully saturated rings.